The summed E-state index contributed by atoms with van der Waals surface area (Å²) in [4.78, 5) is 5.19. The zero-order valence-corrected chi connectivity index (χ0v) is 28.0. The molecule has 0 saturated carbocycles. The van der Waals surface area contributed by atoms with Crippen LogP contribution in [0.25, 0.3) is 10.8 Å². The number of rotatable bonds is 7. The van der Waals surface area contributed by atoms with Gasteiger partial charge in [-0.3, -0.25) is 0 Å². The van der Waals surface area contributed by atoms with Crippen molar-refractivity contribution in [2.45, 2.75) is 77.4 Å². The number of anilines is 2. The molecule has 6 rings (SSSR count). The molecule has 0 amide bonds. The first kappa shape index (κ1) is 30.7. The summed E-state index contributed by atoms with van der Waals surface area (Å²) < 4.78 is 0. The van der Waals surface area contributed by atoms with Gasteiger partial charge in [-0.15, -0.1) is 0 Å². The van der Waals surface area contributed by atoms with Crippen LogP contribution in [0, 0.1) is 5.92 Å². The van der Waals surface area contributed by atoms with Crippen LogP contribution in [0.15, 0.2) is 145 Å². The maximum absolute atomic E-state index is 2.63. The summed E-state index contributed by atoms with van der Waals surface area (Å²) in [5.74, 6) is 0.410. The van der Waals surface area contributed by atoms with E-state index < -0.39 is 0 Å². The standard InChI is InChI=1S/C43H48N2/c1-32-16-11-14-22-39(32)45(36-19-9-8-10-20-36)43(7)30-28-37(29-31-43)44(40-23-15-18-33-17-12-13-21-38(33)40)42(5,6)35-26-24-34(25-27-35)41(2,3)4/h8-30,32,39H,31H2,1-7H3. The Morgan fingerprint density at radius 1 is 0.711 bits per heavy atom. The van der Waals surface area contributed by atoms with E-state index in [1.807, 2.05) is 0 Å². The topological polar surface area (TPSA) is 6.48 Å². The number of fused-ring (bicyclic) bond motifs is 1. The lowest BCUT2D eigenvalue weighted by atomic mass is 9.82. The van der Waals surface area contributed by atoms with Crippen LogP contribution in [0.5, 0.6) is 0 Å². The number of hydrogen-bond acceptors (Lipinski definition) is 2. The quantitative estimate of drug-likeness (QED) is 0.211. The highest BCUT2D eigenvalue weighted by molar-refractivity contribution is 5.95. The van der Waals surface area contributed by atoms with E-state index in [0.29, 0.717) is 5.92 Å². The fourth-order valence-corrected chi connectivity index (χ4v) is 7.15. The van der Waals surface area contributed by atoms with E-state index in [2.05, 4.69) is 198 Å². The third kappa shape index (κ3) is 5.91. The number of nitrogens with zero attached hydrogens (tertiary/aromatic N) is 2. The molecule has 3 atom stereocenters. The predicted octanol–water partition coefficient (Wildman–Crippen LogP) is 11.1. The Kier molecular flexibility index (Phi) is 8.12. The van der Waals surface area contributed by atoms with E-state index in [9.17, 15) is 0 Å². The molecule has 230 valence electrons. The second-order valence-corrected chi connectivity index (χ2v) is 14.6. The Labute approximate surface area is 271 Å². The molecule has 0 fully saturated rings. The first-order chi connectivity index (χ1) is 21.5. The van der Waals surface area contributed by atoms with Crippen molar-refractivity contribution >= 4 is 22.1 Å². The van der Waals surface area contributed by atoms with Gasteiger partial charge < -0.3 is 9.80 Å². The molecule has 0 radical (unpaired) electrons. The minimum absolute atomic E-state index is 0.114. The van der Waals surface area contributed by atoms with Crippen molar-refractivity contribution in [2.75, 3.05) is 9.80 Å². The van der Waals surface area contributed by atoms with Crippen LogP contribution in [0.2, 0.25) is 0 Å². The van der Waals surface area contributed by atoms with Gasteiger partial charge in [0.1, 0.15) is 0 Å². The molecule has 0 N–H and O–H groups in total. The summed E-state index contributed by atoms with van der Waals surface area (Å²) in [6, 6.07) is 35.9. The Balaban J connectivity index is 1.44. The maximum atomic E-state index is 2.63. The summed E-state index contributed by atoms with van der Waals surface area (Å²) in [6.07, 6.45) is 17.3. The Bertz CT molecular complexity index is 1760. The number of allylic oxidation sites excluding steroid dienone is 3. The summed E-state index contributed by atoms with van der Waals surface area (Å²) >= 11 is 0. The van der Waals surface area contributed by atoms with Gasteiger partial charge in [0.25, 0.3) is 0 Å². The molecule has 4 aromatic carbocycles. The molecular formula is C43H48N2. The monoisotopic (exact) mass is 592 g/mol. The molecule has 2 aliphatic carbocycles. The van der Waals surface area contributed by atoms with E-state index >= 15 is 0 Å². The molecule has 0 heterocycles. The van der Waals surface area contributed by atoms with Crippen molar-refractivity contribution in [3.8, 4) is 0 Å². The average Bonchev–Trinajstić information content (AvgIpc) is 3.03. The van der Waals surface area contributed by atoms with E-state index in [4.69, 9.17) is 0 Å². The van der Waals surface area contributed by atoms with Gasteiger partial charge in [-0.2, -0.15) is 0 Å². The second-order valence-electron chi connectivity index (χ2n) is 14.6. The minimum Gasteiger partial charge on any atom is -0.355 e. The van der Waals surface area contributed by atoms with Gasteiger partial charge in [-0.25, -0.2) is 0 Å². The SMILES string of the molecule is CC1C=CC=CC1N(c1ccccc1)C1(C)C=CC(N(c2cccc3ccccc23)C(C)(C)c2ccc(C(C)(C)C)cc2)=CC1. The van der Waals surface area contributed by atoms with Crippen LogP contribution in [0.3, 0.4) is 0 Å². The Morgan fingerprint density at radius 2 is 1.36 bits per heavy atom. The van der Waals surface area contributed by atoms with E-state index in [1.54, 1.807) is 0 Å². The normalized spacial score (nSPS) is 21.5. The number of benzene rings is 4. The van der Waals surface area contributed by atoms with Crippen LogP contribution in [-0.2, 0) is 11.0 Å². The molecule has 0 bridgehead atoms. The van der Waals surface area contributed by atoms with Crippen LogP contribution >= 0.6 is 0 Å². The van der Waals surface area contributed by atoms with Crippen molar-refractivity contribution in [1.29, 1.82) is 0 Å². The molecule has 0 spiro atoms. The lowest BCUT2D eigenvalue weighted by Crippen LogP contribution is -2.53. The van der Waals surface area contributed by atoms with Crippen LogP contribution in [0.4, 0.5) is 11.4 Å². The zero-order valence-electron chi connectivity index (χ0n) is 28.0. The summed E-state index contributed by atoms with van der Waals surface area (Å²) in [6.45, 7) is 16.3. The van der Waals surface area contributed by atoms with Crippen molar-refractivity contribution in [3.63, 3.8) is 0 Å². The lowest BCUT2D eigenvalue weighted by Gasteiger charge is -2.49. The second kappa shape index (κ2) is 11.9. The average molecular weight is 593 g/mol. The van der Waals surface area contributed by atoms with Gasteiger partial charge in [0, 0.05) is 22.5 Å². The highest BCUT2D eigenvalue weighted by Crippen LogP contribution is 2.44. The lowest BCUT2D eigenvalue weighted by molar-refractivity contribution is 0.433. The van der Waals surface area contributed by atoms with Crippen LogP contribution in [-0.4, -0.2) is 11.6 Å². The molecule has 4 aromatic rings. The largest absolute Gasteiger partial charge is 0.355 e. The van der Waals surface area contributed by atoms with Gasteiger partial charge >= 0.3 is 0 Å². The summed E-state index contributed by atoms with van der Waals surface area (Å²) in [5, 5.41) is 2.52. The molecule has 0 aliphatic heterocycles. The molecule has 45 heavy (non-hydrogen) atoms. The third-order valence-electron chi connectivity index (χ3n) is 9.88. The van der Waals surface area contributed by atoms with Crippen molar-refractivity contribution in [1.82, 2.24) is 0 Å². The fourth-order valence-electron chi connectivity index (χ4n) is 7.15. The zero-order chi connectivity index (χ0) is 31.8. The fraction of sp³-hybridized carbons (Fsp3) is 0.302. The molecule has 2 aliphatic rings. The van der Waals surface area contributed by atoms with Gasteiger partial charge in [-0.1, -0.05) is 143 Å². The van der Waals surface area contributed by atoms with E-state index in [1.165, 1.54) is 39.0 Å². The summed E-state index contributed by atoms with van der Waals surface area (Å²) in [5.41, 5.74) is 5.97. The molecule has 3 unspecified atom stereocenters. The predicted molar refractivity (Wildman–Crippen MR) is 195 cm³/mol. The van der Waals surface area contributed by atoms with Gasteiger partial charge in [0.05, 0.1) is 17.1 Å². The molecule has 2 heteroatoms. The van der Waals surface area contributed by atoms with E-state index in [0.717, 1.165) is 6.42 Å². The van der Waals surface area contributed by atoms with Gasteiger partial charge in [0.15, 0.2) is 0 Å². The van der Waals surface area contributed by atoms with Crippen LogP contribution < -0.4 is 9.80 Å². The van der Waals surface area contributed by atoms with Crippen LogP contribution in [0.1, 0.15) is 66.0 Å². The molecule has 0 saturated heterocycles. The first-order valence-corrected chi connectivity index (χ1v) is 16.5. The Hall–Kier alpha value is -4.30. The van der Waals surface area contributed by atoms with Crippen molar-refractivity contribution in [3.05, 3.63) is 156 Å². The minimum atomic E-state index is -0.311. The molecular weight excluding hydrogens is 544 g/mol. The summed E-state index contributed by atoms with van der Waals surface area (Å²) in [7, 11) is 0. The van der Waals surface area contributed by atoms with Crippen molar-refractivity contribution < 1.29 is 0 Å². The Morgan fingerprint density at radius 3 is 2.02 bits per heavy atom. The molecule has 2 nitrogen and oxygen atoms in total. The van der Waals surface area contributed by atoms with Gasteiger partial charge in [0.2, 0.25) is 0 Å². The van der Waals surface area contributed by atoms with E-state index in [-0.39, 0.29) is 22.5 Å². The highest BCUT2D eigenvalue weighted by Gasteiger charge is 2.39. The van der Waals surface area contributed by atoms with Gasteiger partial charge in [-0.05, 0) is 79.3 Å². The maximum Gasteiger partial charge on any atom is 0.0646 e. The smallest absolute Gasteiger partial charge is 0.0646 e. The van der Waals surface area contributed by atoms with Crippen molar-refractivity contribution in [2.24, 2.45) is 5.92 Å². The number of para-hydroxylation sites is 1. The first-order valence-electron chi connectivity index (χ1n) is 16.5. The third-order valence-corrected chi connectivity index (χ3v) is 9.88. The highest BCUT2D eigenvalue weighted by atomic mass is 15.2. The molecule has 0 aromatic heterocycles. The number of hydrogen-bond donors (Lipinski definition) is 0.